The fraction of sp³-hybridized carbons (Fsp3) is 0.182. The summed E-state index contributed by atoms with van der Waals surface area (Å²) in [4.78, 5) is 38.9. The average molecular weight is 448 g/mol. The maximum absolute atomic E-state index is 13.5. The first-order chi connectivity index (χ1) is 15.4. The molecule has 1 amide bonds. The van der Waals surface area contributed by atoms with E-state index in [1.54, 1.807) is 24.3 Å². The zero-order chi connectivity index (χ0) is 22.6. The summed E-state index contributed by atoms with van der Waals surface area (Å²) in [5.74, 6) is -0.447. The van der Waals surface area contributed by atoms with Crippen molar-refractivity contribution < 1.29 is 14.1 Å². The summed E-state index contributed by atoms with van der Waals surface area (Å²) in [5, 5.41) is 20.9. The molecule has 2 aromatic carbocycles. The van der Waals surface area contributed by atoms with Gasteiger partial charge in [0.25, 0.3) is 11.6 Å². The highest BCUT2D eigenvalue weighted by atomic mass is 32.1. The second-order valence-corrected chi connectivity index (χ2v) is 8.66. The van der Waals surface area contributed by atoms with E-state index >= 15 is 0 Å². The lowest BCUT2D eigenvalue weighted by Gasteiger charge is -2.22. The Morgan fingerprint density at radius 2 is 1.81 bits per heavy atom. The summed E-state index contributed by atoms with van der Waals surface area (Å²) in [5.41, 5.74) is 0.618. The Morgan fingerprint density at radius 1 is 1.09 bits per heavy atom. The Kier molecular flexibility index (Phi) is 4.59. The van der Waals surface area contributed by atoms with Gasteiger partial charge in [-0.05, 0) is 29.8 Å². The summed E-state index contributed by atoms with van der Waals surface area (Å²) in [6, 6.07) is 11.7. The van der Waals surface area contributed by atoms with Crippen molar-refractivity contribution in [2.24, 2.45) is 0 Å². The van der Waals surface area contributed by atoms with Crippen LogP contribution >= 0.6 is 11.3 Å². The van der Waals surface area contributed by atoms with Gasteiger partial charge in [0.2, 0.25) is 10.9 Å². The zero-order valence-electron chi connectivity index (χ0n) is 17.0. The highest BCUT2D eigenvalue weighted by Gasteiger charge is 2.45. The van der Waals surface area contributed by atoms with E-state index in [0.29, 0.717) is 21.7 Å². The molecule has 160 valence electrons. The minimum absolute atomic E-state index is 0.0571. The first-order valence-corrected chi connectivity index (χ1v) is 10.7. The van der Waals surface area contributed by atoms with Crippen LogP contribution in [-0.2, 0) is 0 Å². The number of para-hydroxylation sites is 1. The second-order valence-electron chi connectivity index (χ2n) is 7.67. The maximum atomic E-state index is 13.5. The number of carbonyl (C=O) groups is 1. The van der Waals surface area contributed by atoms with E-state index < -0.39 is 16.9 Å². The Morgan fingerprint density at radius 3 is 2.47 bits per heavy atom. The van der Waals surface area contributed by atoms with Gasteiger partial charge in [0.1, 0.15) is 10.6 Å². The topological polar surface area (TPSA) is 119 Å². The molecule has 3 heterocycles. The lowest BCUT2D eigenvalue weighted by atomic mass is 9.98. The predicted octanol–water partition coefficient (Wildman–Crippen LogP) is 4.43. The lowest BCUT2D eigenvalue weighted by Crippen LogP contribution is -2.29. The third kappa shape index (κ3) is 2.99. The first kappa shape index (κ1) is 20.0. The number of nitrogens with zero attached hydrogens (tertiary/aromatic N) is 4. The van der Waals surface area contributed by atoms with Crippen molar-refractivity contribution >= 4 is 39.0 Å². The molecule has 0 fully saturated rings. The first-order valence-electron chi connectivity index (χ1n) is 9.84. The van der Waals surface area contributed by atoms with Crippen LogP contribution in [0.4, 0.5) is 10.8 Å². The van der Waals surface area contributed by atoms with Gasteiger partial charge in [-0.3, -0.25) is 24.6 Å². The zero-order valence-corrected chi connectivity index (χ0v) is 17.8. The van der Waals surface area contributed by atoms with Gasteiger partial charge < -0.3 is 4.42 Å². The largest absolute Gasteiger partial charge is 0.450 e. The molecule has 1 atom stereocenters. The number of non-ortho nitro benzene ring substituents is 1. The second kappa shape index (κ2) is 7.34. The molecule has 2 aromatic heterocycles. The summed E-state index contributed by atoms with van der Waals surface area (Å²) in [6.07, 6.45) is 0. The number of benzene rings is 2. The number of amides is 1. The molecule has 0 saturated heterocycles. The van der Waals surface area contributed by atoms with Crippen LogP contribution in [0.3, 0.4) is 0 Å². The van der Waals surface area contributed by atoms with Crippen molar-refractivity contribution in [1.29, 1.82) is 0 Å². The third-order valence-electron chi connectivity index (χ3n) is 5.33. The number of carbonyl (C=O) groups excluding carboxylic acids is 1. The Labute approximate surface area is 185 Å². The van der Waals surface area contributed by atoms with E-state index in [1.807, 2.05) is 13.8 Å². The highest BCUT2D eigenvalue weighted by Crippen LogP contribution is 2.42. The lowest BCUT2D eigenvalue weighted by molar-refractivity contribution is -0.384. The van der Waals surface area contributed by atoms with Crippen LogP contribution in [0.15, 0.2) is 57.7 Å². The van der Waals surface area contributed by atoms with Crippen LogP contribution in [0.25, 0.3) is 11.0 Å². The van der Waals surface area contributed by atoms with Gasteiger partial charge in [-0.2, -0.15) is 0 Å². The molecule has 0 saturated carbocycles. The third-order valence-corrected chi connectivity index (χ3v) is 6.55. The minimum Gasteiger partial charge on any atom is -0.450 e. The Bertz CT molecular complexity index is 1440. The van der Waals surface area contributed by atoms with E-state index in [4.69, 9.17) is 4.42 Å². The van der Waals surface area contributed by atoms with Crippen molar-refractivity contribution in [2.45, 2.75) is 25.8 Å². The molecule has 0 bridgehead atoms. The normalized spacial score (nSPS) is 15.5. The van der Waals surface area contributed by atoms with Gasteiger partial charge in [-0.1, -0.05) is 37.3 Å². The van der Waals surface area contributed by atoms with Gasteiger partial charge >= 0.3 is 0 Å². The molecule has 0 spiro atoms. The molecule has 10 heteroatoms. The standard InChI is InChI=1S/C22H16N4O5S/c1-11(2)20-23-24-22(32-20)25-17(12-7-9-13(10-8-12)26(29)30)16-18(27)14-5-3-4-6-15(14)31-19(16)21(25)28/h3-11,17H,1-2H3/t17-/m1/s1. The molecule has 9 nitrogen and oxygen atoms in total. The van der Waals surface area contributed by atoms with Crippen LogP contribution < -0.4 is 10.3 Å². The average Bonchev–Trinajstić information content (AvgIpc) is 3.38. The number of nitro groups is 1. The van der Waals surface area contributed by atoms with Crippen LogP contribution in [0.5, 0.6) is 0 Å². The summed E-state index contributed by atoms with van der Waals surface area (Å²) in [6.45, 7) is 3.94. The number of nitro benzene ring substituents is 1. The molecular formula is C22H16N4O5S. The molecule has 0 N–H and O–H groups in total. The van der Waals surface area contributed by atoms with E-state index in [-0.39, 0.29) is 28.4 Å². The molecule has 0 aliphatic carbocycles. The number of rotatable bonds is 4. The minimum atomic E-state index is -0.841. The van der Waals surface area contributed by atoms with Crippen molar-refractivity contribution in [3.63, 3.8) is 0 Å². The Balaban J connectivity index is 1.76. The fourth-order valence-corrected chi connectivity index (χ4v) is 4.64. The quantitative estimate of drug-likeness (QED) is 0.335. The van der Waals surface area contributed by atoms with Crippen molar-refractivity contribution in [3.8, 4) is 0 Å². The van der Waals surface area contributed by atoms with Crippen molar-refractivity contribution in [3.05, 3.63) is 90.8 Å². The molecule has 1 aliphatic heterocycles. The fourth-order valence-electron chi connectivity index (χ4n) is 3.77. The monoisotopic (exact) mass is 448 g/mol. The number of fused-ring (bicyclic) bond motifs is 2. The van der Waals surface area contributed by atoms with Crippen LogP contribution in [0, 0.1) is 10.1 Å². The smallest absolute Gasteiger partial charge is 0.297 e. The van der Waals surface area contributed by atoms with E-state index in [0.717, 1.165) is 5.01 Å². The summed E-state index contributed by atoms with van der Waals surface area (Å²) >= 11 is 1.26. The number of aromatic nitrogens is 2. The SMILES string of the molecule is CC(C)c1nnc(N2C(=O)c3oc4ccccc4c(=O)c3[C@H]2c2ccc([N+](=O)[O-])cc2)s1. The highest BCUT2D eigenvalue weighted by molar-refractivity contribution is 7.15. The molecule has 1 aliphatic rings. The Hall–Kier alpha value is -3.92. The number of anilines is 1. The number of hydrogen-bond acceptors (Lipinski definition) is 8. The van der Waals surface area contributed by atoms with Crippen LogP contribution in [0.2, 0.25) is 0 Å². The molecule has 32 heavy (non-hydrogen) atoms. The number of hydrogen-bond donors (Lipinski definition) is 0. The van der Waals surface area contributed by atoms with Gasteiger partial charge in [-0.15, -0.1) is 10.2 Å². The van der Waals surface area contributed by atoms with Crippen molar-refractivity contribution in [1.82, 2.24) is 10.2 Å². The van der Waals surface area contributed by atoms with Crippen LogP contribution in [-0.4, -0.2) is 21.0 Å². The summed E-state index contributed by atoms with van der Waals surface area (Å²) < 4.78 is 5.87. The van der Waals surface area contributed by atoms with Crippen molar-refractivity contribution in [2.75, 3.05) is 4.90 Å². The van der Waals surface area contributed by atoms with E-state index in [2.05, 4.69) is 10.2 Å². The molecule has 4 aromatic rings. The molecule has 5 rings (SSSR count). The maximum Gasteiger partial charge on any atom is 0.297 e. The van der Waals surface area contributed by atoms with Gasteiger partial charge in [0.15, 0.2) is 5.43 Å². The predicted molar refractivity (Wildman–Crippen MR) is 118 cm³/mol. The van der Waals surface area contributed by atoms with Gasteiger partial charge in [-0.25, -0.2) is 0 Å². The van der Waals surface area contributed by atoms with Crippen LogP contribution in [0.1, 0.15) is 52.5 Å². The van der Waals surface area contributed by atoms with Gasteiger partial charge in [0, 0.05) is 18.1 Å². The summed E-state index contributed by atoms with van der Waals surface area (Å²) in [7, 11) is 0. The molecule has 0 unspecified atom stereocenters. The van der Waals surface area contributed by atoms with Gasteiger partial charge in [0.05, 0.1) is 21.9 Å². The molecular weight excluding hydrogens is 432 g/mol. The van der Waals surface area contributed by atoms with E-state index in [1.165, 1.54) is 40.5 Å². The van der Waals surface area contributed by atoms with E-state index in [9.17, 15) is 19.7 Å². The molecule has 0 radical (unpaired) electrons.